The van der Waals surface area contributed by atoms with E-state index in [4.69, 9.17) is 33.2 Å². The third-order valence-electron chi connectivity index (χ3n) is 15.2. The van der Waals surface area contributed by atoms with Crippen molar-refractivity contribution in [2.24, 2.45) is 22.7 Å². The fourth-order valence-corrected chi connectivity index (χ4v) is 11.2. The molecule has 6 rings (SSSR count). The van der Waals surface area contributed by atoms with E-state index >= 15 is 0 Å². The van der Waals surface area contributed by atoms with Gasteiger partial charge in [-0.25, -0.2) is 4.79 Å². The van der Waals surface area contributed by atoms with Crippen LogP contribution in [0.5, 0.6) is 0 Å². The summed E-state index contributed by atoms with van der Waals surface area (Å²) in [5, 5.41) is 48.0. The number of methoxy groups -OCH3 is 2. The lowest BCUT2D eigenvalue weighted by atomic mass is 9.42. The Balaban J connectivity index is 1.19. The van der Waals surface area contributed by atoms with E-state index in [-0.39, 0.29) is 49.9 Å². The first-order valence-corrected chi connectivity index (χ1v) is 20.3. The Morgan fingerprint density at radius 3 is 2.18 bits per heavy atom. The highest BCUT2D eigenvalue weighted by Crippen LogP contribution is 2.71. The molecule has 0 bridgehead atoms. The van der Waals surface area contributed by atoms with Crippen molar-refractivity contribution in [1.82, 2.24) is 0 Å². The molecule has 13 heteroatoms. The zero-order valence-electron chi connectivity index (χ0n) is 34.4. The molecule has 0 unspecified atom stereocenters. The van der Waals surface area contributed by atoms with Gasteiger partial charge in [0.05, 0.1) is 35.9 Å². The van der Waals surface area contributed by atoms with Crippen molar-refractivity contribution >= 4 is 11.8 Å². The van der Waals surface area contributed by atoms with Gasteiger partial charge < -0.3 is 53.6 Å². The lowest BCUT2D eigenvalue weighted by Crippen LogP contribution is -2.78. The Labute approximate surface area is 326 Å². The minimum Gasteiger partial charge on any atom is -0.458 e. The molecule has 3 saturated carbocycles. The van der Waals surface area contributed by atoms with Gasteiger partial charge >= 0.3 is 5.97 Å². The van der Waals surface area contributed by atoms with E-state index < -0.39 is 88.4 Å². The molecule has 13 nitrogen and oxygen atoms in total. The van der Waals surface area contributed by atoms with Gasteiger partial charge in [-0.15, -0.1) is 0 Å². The number of carbonyl (C=O) groups excluding carboxylic acids is 2. The number of rotatable bonds is 10. The molecular formula is C42H66O13. The summed E-state index contributed by atoms with van der Waals surface area (Å²) in [5.74, 6) is -1.55. The van der Waals surface area contributed by atoms with Crippen molar-refractivity contribution in [3.8, 4) is 0 Å². The van der Waals surface area contributed by atoms with Crippen molar-refractivity contribution in [2.45, 2.75) is 191 Å². The molecule has 55 heavy (non-hydrogen) atoms. The minimum atomic E-state index is -2.00. The number of hydrogen-bond donors (Lipinski definition) is 4. The van der Waals surface area contributed by atoms with Gasteiger partial charge in [0.25, 0.3) is 0 Å². The minimum absolute atomic E-state index is 0.0180. The first kappa shape index (κ1) is 42.8. The van der Waals surface area contributed by atoms with Crippen LogP contribution in [0.15, 0.2) is 23.3 Å². The third-order valence-corrected chi connectivity index (χ3v) is 15.2. The number of esters is 1. The van der Waals surface area contributed by atoms with Crippen molar-refractivity contribution in [3.63, 3.8) is 0 Å². The second-order valence-corrected chi connectivity index (χ2v) is 18.2. The molecule has 0 aromatic rings. The molecule has 0 radical (unpaired) electrons. The van der Waals surface area contributed by atoms with Crippen molar-refractivity contribution in [1.29, 1.82) is 0 Å². The van der Waals surface area contributed by atoms with E-state index in [1.54, 1.807) is 28.1 Å². The molecule has 4 N–H and O–H groups in total. The van der Waals surface area contributed by atoms with Crippen LogP contribution in [0.4, 0.5) is 0 Å². The Kier molecular flexibility index (Phi) is 12.0. The molecule has 5 fully saturated rings. The highest BCUT2D eigenvalue weighted by molar-refractivity contribution is 5.87. The number of hydrogen-bond acceptors (Lipinski definition) is 13. The van der Waals surface area contributed by atoms with Gasteiger partial charge in [-0.2, -0.15) is 0 Å². The number of aliphatic hydroxyl groups excluding tert-OH is 1. The predicted molar refractivity (Wildman–Crippen MR) is 199 cm³/mol. The highest BCUT2D eigenvalue weighted by atomic mass is 16.7. The number of ether oxygens (including phenoxy) is 7. The number of allylic oxidation sites excluding steroid dienone is 1. The quantitative estimate of drug-likeness (QED) is 0.142. The first-order valence-electron chi connectivity index (χ1n) is 20.3. The summed E-state index contributed by atoms with van der Waals surface area (Å²) in [4.78, 5) is 26.6. The van der Waals surface area contributed by atoms with E-state index in [1.165, 1.54) is 13.0 Å². The zero-order valence-corrected chi connectivity index (χ0v) is 34.4. The SMILES string of the molecule is CO[C@H]1C[C@H](O[C@H]2[C@@H](OC)C[C@H](O[C@H]3CC[C@@]4(C)C(=CC[C@]5(O)[C@@H]4C[C@@H](OC(=O)/C=C(\C)C(C)C)[C@@]4(C)[C@]5(O)CC[C@@]4(O)C(C)=O)C3)O[C@@H]2C)O[C@H](C)[C@H]1O. The van der Waals surface area contributed by atoms with Crippen LogP contribution in [-0.4, -0.2) is 125 Å². The lowest BCUT2D eigenvalue weighted by Gasteiger charge is -2.67. The van der Waals surface area contributed by atoms with Crippen LogP contribution in [0, 0.1) is 22.7 Å². The normalized spacial score (nSPS) is 48.7. The van der Waals surface area contributed by atoms with E-state index in [1.807, 2.05) is 33.8 Å². The van der Waals surface area contributed by atoms with Crippen molar-refractivity contribution in [2.75, 3.05) is 14.2 Å². The van der Waals surface area contributed by atoms with E-state index in [9.17, 15) is 30.0 Å². The highest BCUT2D eigenvalue weighted by Gasteiger charge is 2.81. The molecule has 2 aliphatic heterocycles. The van der Waals surface area contributed by atoms with Crippen molar-refractivity contribution in [3.05, 3.63) is 23.3 Å². The average Bonchev–Trinajstić information content (AvgIpc) is 3.36. The van der Waals surface area contributed by atoms with Crippen LogP contribution in [0.25, 0.3) is 0 Å². The van der Waals surface area contributed by atoms with E-state index in [0.29, 0.717) is 32.1 Å². The molecular weight excluding hydrogens is 712 g/mol. The fourth-order valence-electron chi connectivity index (χ4n) is 11.2. The standard InChI is InChI=1S/C42H66O13/c1-22(2)23(3)17-33(44)54-32-21-31-38(7)13-12-28(18-27(38)11-14-41(31,47)42(48)16-15-40(46,26(6)43)39(32,42)8)53-34-20-30(50-10)37(25(5)52-34)55-35-19-29(49-9)36(45)24(4)51-35/h11,17,22,24-25,28-32,34-37,45-48H,12-16,18-21H2,1-10H3/b23-17+/t24-,25-,28+,29+,30+,31-,32-,34+,35+,36-,37-,38+,39-,40-,41+,42-/m1/s1. The molecule has 0 amide bonds. The Morgan fingerprint density at radius 2 is 1.55 bits per heavy atom. The van der Waals surface area contributed by atoms with Crippen LogP contribution in [0.3, 0.4) is 0 Å². The fraction of sp³-hybridized carbons (Fsp3) is 0.857. The Morgan fingerprint density at radius 1 is 0.909 bits per heavy atom. The van der Waals surface area contributed by atoms with Gasteiger partial charge in [-0.3, -0.25) is 4.79 Å². The monoisotopic (exact) mass is 778 g/mol. The van der Waals surface area contributed by atoms with Crippen LogP contribution in [-0.2, 0) is 42.7 Å². The van der Waals surface area contributed by atoms with Crippen LogP contribution < -0.4 is 0 Å². The smallest absolute Gasteiger partial charge is 0.330 e. The van der Waals surface area contributed by atoms with E-state index in [2.05, 4.69) is 6.92 Å². The van der Waals surface area contributed by atoms with Crippen molar-refractivity contribution < 1.29 is 63.2 Å². The third kappa shape index (κ3) is 6.89. The molecule has 6 aliphatic rings. The zero-order chi connectivity index (χ0) is 40.5. The van der Waals surface area contributed by atoms with Crippen LogP contribution in [0.2, 0.25) is 0 Å². The number of carbonyl (C=O) groups is 2. The summed E-state index contributed by atoms with van der Waals surface area (Å²) in [6.07, 6.45) is 1.17. The lowest BCUT2D eigenvalue weighted by molar-refractivity contribution is -0.322. The summed E-state index contributed by atoms with van der Waals surface area (Å²) in [7, 11) is 3.20. The first-order chi connectivity index (χ1) is 25.7. The number of ketones is 1. The molecule has 2 saturated heterocycles. The Hall–Kier alpha value is -1.78. The molecule has 0 spiro atoms. The molecule has 312 valence electrons. The number of aliphatic hydroxyl groups is 4. The molecule has 16 atom stereocenters. The molecule has 2 heterocycles. The molecule has 0 aromatic heterocycles. The van der Waals surface area contributed by atoms with E-state index in [0.717, 1.165) is 11.1 Å². The Bertz CT molecular complexity index is 1510. The summed E-state index contributed by atoms with van der Waals surface area (Å²) < 4.78 is 42.9. The van der Waals surface area contributed by atoms with Gasteiger partial charge in [-0.05, 0) is 90.9 Å². The maximum Gasteiger partial charge on any atom is 0.330 e. The summed E-state index contributed by atoms with van der Waals surface area (Å²) in [6, 6.07) is 0. The number of fused-ring (bicyclic) bond motifs is 5. The van der Waals surface area contributed by atoms with Gasteiger partial charge in [-0.1, -0.05) is 38.0 Å². The second-order valence-electron chi connectivity index (χ2n) is 18.2. The second kappa shape index (κ2) is 15.4. The van der Waals surface area contributed by atoms with Gasteiger partial charge in [0.1, 0.15) is 35.1 Å². The summed E-state index contributed by atoms with van der Waals surface area (Å²) >= 11 is 0. The maximum absolute atomic E-state index is 13.4. The van der Waals surface area contributed by atoms with Gasteiger partial charge in [0.2, 0.25) is 0 Å². The topological polar surface area (TPSA) is 180 Å². The number of Topliss-reactive ketones (excluding diaryl/α,β-unsaturated/α-hetero) is 1. The average molecular weight is 779 g/mol. The maximum atomic E-state index is 13.4. The predicted octanol–water partition coefficient (Wildman–Crippen LogP) is 4.05. The summed E-state index contributed by atoms with van der Waals surface area (Å²) in [6.45, 7) is 14.5. The molecule has 4 aliphatic carbocycles. The van der Waals surface area contributed by atoms with Crippen LogP contribution in [0.1, 0.15) is 113 Å². The van der Waals surface area contributed by atoms with Gasteiger partial charge in [0.15, 0.2) is 18.4 Å². The van der Waals surface area contributed by atoms with Gasteiger partial charge in [0, 0.05) is 39.1 Å². The molecule has 0 aromatic carbocycles. The summed E-state index contributed by atoms with van der Waals surface area (Å²) in [5.41, 5.74) is -5.94. The largest absolute Gasteiger partial charge is 0.458 e. The van der Waals surface area contributed by atoms with Crippen LogP contribution >= 0.6 is 0 Å².